The molecule has 3 rings (SSSR count). The number of carbonyl (C=O) groups excluding carboxylic acids is 2. The molecule has 2 aromatic carbocycles. The Hall–Kier alpha value is -2.86. The van der Waals surface area contributed by atoms with Gasteiger partial charge in [-0.2, -0.15) is 0 Å². The van der Waals surface area contributed by atoms with E-state index in [1.54, 1.807) is 7.11 Å². The number of amides is 2. The average Bonchev–Trinajstić information content (AvgIpc) is 2.82. The van der Waals surface area contributed by atoms with Gasteiger partial charge in [0.1, 0.15) is 5.75 Å². The van der Waals surface area contributed by atoms with Gasteiger partial charge in [-0.15, -0.1) is 0 Å². The lowest BCUT2D eigenvalue weighted by molar-refractivity contribution is -0.133. The summed E-state index contributed by atoms with van der Waals surface area (Å²) < 4.78 is 5.17. The van der Waals surface area contributed by atoms with Crippen LogP contribution in [0.3, 0.4) is 0 Å². The highest BCUT2D eigenvalue weighted by Crippen LogP contribution is 2.14. The zero-order chi connectivity index (χ0) is 22.1. The normalized spacial score (nSPS) is 15.4. The van der Waals surface area contributed by atoms with Crippen LogP contribution in [0, 0.1) is 0 Å². The van der Waals surface area contributed by atoms with Crippen molar-refractivity contribution in [2.24, 2.45) is 0 Å². The summed E-state index contributed by atoms with van der Waals surface area (Å²) in [5.41, 5.74) is 2.25. The maximum atomic E-state index is 12.5. The van der Waals surface area contributed by atoms with Crippen LogP contribution in [0.1, 0.15) is 36.9 Å². The van der Waals surface area contributed by atoms with E-state index in [1.165, 1.54) is 0 Å². The van der Waals surface area contributed by atoms with Gasteiger partial charge >= 0.3 is 0 Å². The highest BCUT2D eigenvalue weighted by Gasteiger charge is 2.21. The minimum atomic E-state index is 0.00821. The summed E-state index contributed by atoms with van der Waals surface area (Å²) in [7, 11) is 1.65. The van der Waals surface area contributed by atoms with Crippen molar-refractivity contribution in [3.05, 3.63) is 65.7 Å². The van der Waals surface area contributed by atoms with Crippen LogP contribution in [0.4, 0.5) is 0 Å². The summed E-state index contributed by atoms with van der Waals surface area (Å²) in [6.07, 6.45) is 1.73. The van der Waals surface area contributed by atoms with Crippen LogP contribution in [0.5, 0.6) is 5.75 Å². The first-order valence-electron chi connectivity index (χ1n) is 11.0. The zero-order valence-electron chi connectivity index (χ0n) is 18.5. The van der Waals surface area contributed by atoms with Crippen molar-refractivity contribution in [3.63, 3.8) is 0 Å². The number of nitrogens with one attached hydrogen (secondary N) is 1. The number of carbonyl (C=O) groups is 2. The van der Waals surface area contributed by atoms with Gasteiger partial charge in [-0.1, -0.05) is 42.5 Å². The van der Waals surface area contributed by atoms with Gasteiger partial charge in [0.05, 0.1) is 13.2 Å². The molecule has 1 heterocycles. The number of benzene rings is 2. The van der Waals surface area contributed by atoms with Crippen LogP contribution in [0.25, 0.3) is 0 Å². The lowest BCUT2D eigenvalue weighted by Gasteiger charge is -2.34. The fourth-order valence-corrected chi connectivity index (χ4v) is 3.82. The maximum Gasteiger partial charge on any atom is 0.222 e. The Kier molecular flexibility index (Phi) is 8.47. The first kappa shape index (κ1) is 22.8. The topological polar surface area (TPSA) is 61.9 Å². The van der Waals surface area contributed by atoms with Gasteiger partial charge in [0.2, 0.25) is 11.8 Å². The first-order chi connectivity index (χ1) is 15.0. The van der Waals surface area contributed by atoms with E-state index in [4.69, 9.17) is 4.74 Å². The molecule has 1 unspecified atom stereocenters. The SMILES string of the molecule is COc1ccc(CCC(=O)N2CCN(CCC(=O)NC(C)c3ccccc3)CC2)cc1. The van der Waals surface area contributed by atoms with Crippen molar-refractivity contribution in [2.45, 2.75) is 32.2 Å². The van der Waals surface area contributed by atoms with E-state index < -0.39 is 0 Å². The second kappa shape index (κ2) is 11.5. The van der Waals surface area contributed by atoms with E-state index in [-0.39, 0.29) is 17.9 Å². The van der Waals surface area contributed by atoms with Crippen molar-refractivity contribution in [3.8, 4) is 5.75 Å². The largest absolute Gasteiger partial charge is 0.497 e. The lowest BCUT2D eigenvalue weighted by Crippen LogP contribution is -2.49. The minimum absolute atomic E-state index is 0.00821. The second-order valence-corrected chi connectivity index (χ2v) is 8.02. The number of hydrogen-bond donors (Lipinski definition) is 1. The fraction of sp³-hybridized carbons (Fsp3) is 0.440. The Morgan fingerprint density at radius 3 is 2.29 bits per heavy atom. The van der Waals surface area contributed by atoms with E-state index >= 15 is 0 Å². The lowest BCUT2D eigenvalue weighted by atomic mass is 10.1. The number of piperazine rings is 1. The molecule has 0 aromatic heterocycles. The van der Waals surface area contributed by atoms with E-state index in [0.29, 0.717) is 12.8 Å². The van der Waals surface area contributed by atoms with E-state index in [9.17, 15) is 9.59 Å². The summed E-state index contributed by atoms with van der Waals surface area (Å²) in [5.74, 6) is 1.09. The minimum Gasteiger partial charge on any atom is -0.497 e. The van der Waals surface area contributed by atoms with E-state index in [2.05, 4.69) is 10.2 Å². The van der Waals surface area contributed by atoms with Gasteiger partial charge < -0.3 is 15.0 Å². The zero-order valence-corrected chi connectivity index (χ0v) is 18.5. The molecule has 1 aliphatic rings. The highest BCUT2D eigenvalue weighted by atomic mass is 16.5. The van der Waals surface area contributed by atoms with Crippen molar-refractivity contribution in [1.82, 2.24) is 15.1 Å². The first-order valence-corrected chi connectivity index (χ1v) is 11.0. The maximum absolute atomic E-state index is 12.5. The third-order valence-corrected chi connectivity index (χ3v) is 5.84. The number of hydrogen-bond acceptors (Lipinski definition) is 4. The Labute approximate surface area is 185 Å². The van der Waals surface area contributed by atoms with Gasteiger partial charge in [0.25, 0.3) is 0 Å². The summed E-state index contributed by atoms with van der Waals surface area (Å²) in [6, 6.07) is 17.9. The average molecular weight is 424 g/mol. The number of rotatable bonds is 9. The third kappa shape index (κ3) is 7.10. The van der Waals surface area contributed by atoms with Crippen LogP contribution >= 0.6 is 0 Å². The predicted molar refractivity (Wildman–Crippen MR) is 122 cm³/mol. The molecule has 6 heteroatoms. The van der Waals surface area contributed by atoms with Gasteiger partial charge in [-0.05, 0) is 36.6 Å². The van der Waals surface area contributed by atoms with Crippen LogP contribution < -0.4 is 10.1 Å². The molecule has 1 saturated heterocycles. The molecule has 1 fully saturated rings. The molecule has 0 saturated carbocycles. The molecule has 31 heavy (non-hydrogen) atoms. The van der Waals surface area contributed by atoms with Gasteiger partial charge in [0, 0.05) is 45.6 Å². The molecule has 0 aliphatic carbocycles. The van der Waals surface area contributed by atoms with Crippen molar-refractivity contribution >= 4 is 11.8 Å². The smallest absolute Gasteiger partial charge is 0.222 e. The Bertz CT molecular complexity index is 831. The van der Waals surface area contributed by atoms with Gasteiger partial charge in [-0.3, -0.25) is 14.5 Å². The predicted octanol–water partition coefficient (Wildman–Crippen LogP) is 3.04. The molecule has 0 radical (unpaired) electrons. The van der Waals surface area contributed by atoms with Crippen LogP contribution in [0.15, 0.2) is 54.6 Å². The van der Waals surface area contributed by atoms with Crippen LogP contribution in [-0.4, -0.2) is 61.4 Å². The van der Waals surface area contributed by atoms with Crippen molar-refractivity contribution in [1.29, 1.82) is 0 Å². The number of nitrogens with zero attached hydrogens (tertiary/aromatic N) is 2. The molecule has 1 atom stereocenters. The quantitative estimate of drug-likeness (QED) is 0.674. The van der Waals surface area contributed by atoms with Crippen LogP contribution in [-0.2, 0) is 16.0 Å². The van der Waals surface area contributed by atoms with E-state index in [1.807, 2.05) is 66.4 Å². The van der Waals surface area contributed by atoms with Crippen LogP contribution in [0.2, 0.25) is 0 Å². The van der Waals surface area contributed by atoms with Crippen molar-refractivity contribution < 1.29 is 14.3 Å². The second-order valence-electron chi connectivity index (χ2n) is 8.02. The molecular weight excluding hydrogens is 390 g/mol. The summed E-state index contributed by atoms with van der Waals surface area (Å²) in [4.78, 5) is 29.0. The van der Waals surface area contributed by atoms with Gasteiger partial charge in [0.15, 0.2) is 0 Å². The summed E-state index contributed by atoms with van der Waals surface area (Å²) >= 11 is 0. The molecule has 1 N–H and O–H groups in total. The Balaban J connectivity index is 1.33. The Morgan fingerprint density at radius 1 is 0.968 bits per heavy atom. The molecule has 166 valence electrons. The molecule has 1 aliphatic heterocycles. The molecule has 6 nitrogen and oxygen atoms in total. The molecular formula is C25H33N3O3. The third-order valence-electron chi connectivity index (χ3n) is 5.84. The highest BCUT2D eigenvalue weighted by molar-refractivity contribution is 5.77. The number of ether oxygens (including phenoxy) is 1. The summed E-state index contributed by atoms with van der Waals surface area (Å²) in [6.45, 7) is 5.81. The standard InChI is InChI=1S/C25H33N3O3/c1-20(22-6-4-3-5-7-22)26-24(29)14-15-27-16-18-28(19-17-27)25(30)13-10-21-8-11-23(31-2)12-9-21/h3-9,11-12,20H,10,13-19H2,1-2H3,(H,26,29). The molecule has 0 spiro atoms. The number of aryl methyl sites for hydroxylation is 1. The Morgan fingerprint density at radius 2 is 1.65 bits per heavy atom. The number of methoxy groups -OCH3 is 1. The molecule has 2 aromatic rings. The fourth-order valence-electron chi connectivity index (χ4n) is 3.82. The summed E-state index contributed by atoms with van der Waals surface area (Å²) in [5, 5.41) is 3.06. The van der Waals surface area contributed by atoms with E-state index in [0.717, 1.165) is 56.0 Å². The monoisotopic (exact) mass is 423 g/mol. The molecule has 2 amide bonds. The van der Waals surface area contributed by atoms with Gasteiger partial charge in [-0.25, -0.2) is 0 Å². The van der Waals surface area contributed by atoms with Crippen molar-refractivity contribution in [2.75, 3.05) is 39.8 Å². The molecule has 0 bridgehead atoms.